The summed E-state index contributed by atoms with van der Waals surface area (Å²) < 4.78 is 0. The van der Waals surface area contributed by atoms with Crippen LogP contribution in [0.5, 0.6) is 0 Å². The maximum atomic E-state index is 5.51. The second-order valence-electron chi connectivity index (χ2n) is 3.54. The molecule has 0 bridgehead atoms. The van der Waals surface area contributed by atoms with Gasteiger partial charge < -0.3 is 11.1 Å². The molecule has 0 aliphatic rings. The predicted molar refractivity (Wildman–Crippen MR) is 55.3 cm³/mol. The predicted octanol–water partition coefficient (Wildman–Crippen LogP) is 1.89. The standard InChI is InChI=1S/C10H24N2/c1-4-6-9(3)12-10(5-2)7-8-11/h9-10,12H,4-8,11H2,1-3H3. The van der Waals surface area contributed by atoms with Crippen molar-refractivity contribution in [1.29, 1.82) is 0 Å². The van der Waals surface area contributed by atoms with E-state index in [1.165, 1.54) is 19.3 Å². The highest BCUT2D eigenvalue weighted by Gasteiger charge is 2.07. The van der Waals surface area contributed by atoms with Crippen LogP contribution in [0.3, 0.4) is 0 Å². The molecule has 3 N–H and O–H groups in total. The Labute approximate surface area is 76.9 Å². The number of hydrogen-bond donors (Lipinski definition) is 2. The summed E-state index contributed by atoms with van der Waals surface area (Å²) in [5.74, 6) is 0. The SMILES string of the molecule is CCCC(C)NC(CC)CCN. The Hall–Kier alpha value is -0.0800. The monoisotopic (exact) mass is 172 g/mol. The molecule has 0 fully saturated rings. The summed E-state index contributed by atoms with van der Waals surface area (Å²) >= 11 is 0. The maximum absolute atomic E-state index is 5.51. The van der Waals surface area contributed by atoms with E-state index < -0.39 is 0 Å². The third-order valence-corrected chi connectivity index (χ3v) is 2.25. The van der Waals surface area contributed by atoms with Crippen molar-refractivity contribution in [2.45, 2.75) is 58.5 Å². The van der Waals surface area contributed by atoms with Gasteiger partial charge in [-0.25, -0.2) is 0 Å². The lowest BCUT2D eigenvalue weighted by Gasteiger charge is -2.21. The molecule has 74 valence electrons. The molecule has 2 nitrogen and oxygen atoms in total. The Balaban J connectivity index is 3.53. The van der Waals surface area contributed by atoms with Gasteiger partial charge in [0.05, 0.1) is 0 Å². The van der Waals surface area contributed by atoms with E-state index >= 15 is 0 Å². The molecular weight excluding hydrogens is 148 g/mol. The van der Waals surface area contributed by atoms with Crippen LogP contribution in [0.1, 0.15) is 46.5 Å². The molecule has 2 unspecified atom stereocenters. The minimum atomic E-state index is 0.622. The Kier molecular flexibility index (Phi) is 7.51. The Morgan fingerprint density at radius 1 is 1.25 bits per heavy atom. The van der Waals surface area contributed by atoms with Crippen molar-refractivity contribution >= 4 is 0 Å². The molecule has 0 aromatic heterocycles. The molecule has 0 saturated heterocycles. The van der Waals surface area contributed by atoms with Crippen LogP contribution in [0.2, 0.25) is 0 Å². The number of nitrogens with one attached hydrogen (secondary N) is 1. The molecule has 2 heteroatoms. The van der Waals surface area contributed by atoms with Crippen LogP contribution in [0.25, 0.3) is 0 Å². The van der Waals surface area contributed by atoms with Crippen molar-refractivity contribution in [3.8, 4) is 0 Å². The van der Waals surface area contributed by atoms with Crippen LogP contribution in [-0.2, 0) is 0 Å². The lowest BCUT2D eigenvalue weighted by Crippen LogP contribution is -2.37. The quantitative estimate of drug-likeness (QED) is 0.615. The van der Waals surface area contributed by atoms with Crippen molar-refractivity contribution in [2.75, 3.05) is 6.54 Å². The Morgan fingerprint density at radius 3 is 2.33 bits per heavy atom. The van der Waals surface area contributed by atoms with Gasteiger partial charge in [-0.05, 0) is 32.7 Å². The van der Waals surface area contributed by atoms with Gasteiger partial charge in [-0.3, -0.25) is 0 Å². The van der Waals surface area contributed by atoms with Crippen molar-refractivity contribution < 1.29 is 0 Å². The first-order valence-corrected chi connectivity index (χ1v) is 5.20. The minimum absolute atomic E-state index is 0.622. The van der Waals surface area contributed by atoms with E-state index in [9.17, 15) is 0 Å². The van der Waals surface area contributed by atoms with E-state index in [0.29, 0.717) is 12.1 Å². The zero-order chi connectivity index (χ0) is 9.40. The van der Waals surface area contributed by atoms with Crippen LogP contribution in [-0.4, -0.2) is 18.6 Å². The van der Waals surface area contributed by atoms with Crippen LogP contribution in [0, 0.1) is 0 Å². The minimum Gasteiger partial charge on any atom is -0.330 e. The van der Waals surface area contributed by atoms with Crippen molar-refractivity contribution in [3.05, 3.63) is 0 Å². The fourth-order valence-electron chi connectivity index (χ4n) is 1.53. The van der Waals surface area contributed by atoms with E-state index in [2.05, 4.69) is 26.1 Å². The summed E-state index contributed by atoms with van der Waals surface area (Å²) in [5, 5.41) is 3.59. The van der Waals surface area contributed by atoms with E-state index in [1.807, 2.05) is 0 Å². The van der Waals surface area contributed by atoms with E-state index in [1.54, 1.807) is 0 Å². The number of rotatable bonds is 7. The van der Waals surface area contributed by atoms with Gasteiger partial charge in [-0.2, -0.15) is 0 Å². The van der Waals surface area contributed by atoms with Crippen molar-refractivity contribution in [2.24, 2.45) is 5.73 Å². The zero-order valence-corrected chi connectivity index (χ0v) is 8.77. The molecule has 2 atom stereocenters. The summed E-state index contributed by atoms with van der Waals surface area (Å²) in [6.07, 6.45) is 4.81. The molecule has 0 heterocycles. The van der Waals surface area contributed by atoms with Crippen LogP contribution in [0.4, 0.5) is 0 Å². The first kappa shape index (κ1) is 11.9. The third kappa shape index (κ3) is 5.56. The normalized spacial score (nSPS) is 16.0. The third-order valence-electron chi connectivity index (χ3n) is 2.25. The highest BCUT2D eigenvalue weighted by Crippen LogP contribution is 2.01. The average molecular weight is 172 g/mol. The summed E-state index contributed by atoms with van der Waals surface area (Å²) in [5.41, 5.74) is 5.51. The van der Waals surface area contributed by atoms with Crippen molar-refractivity contribution in [1.82, 2.24) is 5.32 Å². The molecule has 0 amide bonds. The van der Waals surface area contributed by atoms with Gasteiger partial charge in [-0.1, -0.05) is 20.3 Å². The van der Waals surface area contributed by atoms with Gasteiger partial charge in [-0.15, -0.1) is 0 Å². The summed E-state index contributed by atoms with van der Waals surface area (Å²) in [7, 11) is 0. The summed E-state index contributed by atoms with van der Waals surface area (Å²) in [6, 6.07) is 1.27. The molecule has 0 aliphatic heterocycles. The van der Waals surface area contributed by atoms with Gasteiger partial charge in [0.15, 0.2) is 0 Å². The average Bonchev–Trinajstić information content (AvgIpc) is 2.04. The lowest BCUT2D eigenvalue weighted by atomic mass is 10.1. The van der Waals surface area contributed by atoms with E-state index in [4.69, 9.17) is 5.73 Å². The van der Waals surface area contributed by atoms with Gasteiger partial charge in [0.1, 0.15) is 0 Å². The van der Waals surface area contributed by atoms with E-state index in [0.717, 1.165) is 13.0 Å². The highest BCUT2D eigenvalue weighted by atomic mass is 14.9. The van der Waals surface area contributed by atoms with Gasteiger partial charge in [0, 0.05) is 12.1 Å². The van der Waals surface area contributed by atoms with Gasteiger partial charge >= 0.3 is 0 Å². The lowest BCUT2D eigenvalue weighted by molar-refractivity contribution is 0.400. The highest BCUT2D eigenvalue weighted by molar-refractivity contribution is 4.70. The molecule has 0 saturated carbocycles. The second-order valence-corrected chi connectivity index (χ2v) is 3.54. The molecule has 0 radical (unpaired) electrons. The van der Waals surface area contributed by atoms with Crippen LogP contribution < -0.4 is 11.1 Å². The first-order valence-electron chi connectivity index (χ1n) is 5.20. The smallest absolute Gasteiger partial charge is 0.00789 e. The molecule has 0 rings (SSSR count). The first-order chi connectivity index (χ1) is 5.74. The fourth-order valence-corrected chi connectivity index (χ4v) is 1.53. The van der Waals surface area contributed by atoms with Gasteiger partial charge in [0.25, 0.3) is 0 Å². The fraction of sp³-hybridized carbons (Fsp3) is 1.00. The Bertz CT molecular complexity index is 93.8. The molecule has 0 aliphatic carbocycles. The largest absolute Gasteiger partial charge is 0.330 e. The van der Waals surface area contributed by atoms with Gasteiger partial charge in [0.2, 0.25) is 0 Å². The topological polar surface area (TPSA) is 38.0 Å². The molecule has 0 aromatic carbocycles. The maximum Gasteiger partial charge on any atom is 0.00789 e. The number of nitrogens with two attached hydrogens (primary N) is 1. The summed E-state index contributed by atoms with van der Waals surface area (Å²) in [6.45, 7) is 7.49. The molecular formula is C10H24N2. The van der Waals surface area contributed by atoms with Crippen molar-refractivity contribution in [3.63, 3.8) is 0 Å². The van der Waals surface area contributed by atoms with E-state index in [-0.39, 0.29) is 0 Å². The molecule has 0 aromatic rings. The van der Waals surface area contributed by atoms with Crippen LogP contribution in [0.15, 0.2) is 0 Å². The second kappa shape index (κ2) is 7.56. The number of hydrogen-bond acceptors (Lipinski definition) is 2. The Morgan fingerprint density at radius 2 is 1.92 bits per heavy atom. The van der Waals surface area contributed by atoms with Crippen LogP contribution >= 0.6 is 0 Å². The molecule has 0 spiro atoms. The summed E-state index contributed by atoms with van der Waals surface area (Å²) in [4.78, 5) is 0. The zero-order valence-electron chi connectivity index (χ0n) is 8.77. The molecule has 12 heavy (non-hydrogen) atoms.